The Bertz CT molecular complexity index is 1210. The molecule has 0 bridgehead atoms. The SMILES string of the molecule is CCOC1=CC=c2c(C#N)c(-c3ccc(N(C)S(=O)(=O)CC)cc3)n(C)c2=CC1. The second-order valence-corrected chi connectivity index (χ2v) is 9.04. The maximum absolute atomic E-state index is 12.1. The molecule has 0 radical (unpaired) electrons. The lowest BCUT2D eigenvalue weighted by molar-refractivity contribution is 0.226. The van der Waals surface area contributed by atoms with Crippen molar-refractivity contribution in [3.05, 3.63) is 52.2 Å². The first kappa shape index (κ1) is 20.7. The van der Waals surface area contributed by atoms with Crippen molar-refractivity contribution in [1.82, 2.24) is 4.57 Å². The van der Waals surface area contributed by atoms with Gasteiger partial charge in [-0.1, -0.05) is 18.2 Å². The number of rotatable bonds is 6. The van der Waals surface area contributed by atoms with Crippen molar-refractivity contribution in [2.75, 3.05) is 23.7 Å². The van der Waals surface area contributed by atoms with E-state index in [0.717, 1.165) is 27.6 Å². The van der Waals surface area contributed by atoms with Gasteiger partial charge in [0.15, 0.2) is 0 Å². The number of fused-ring (bicyclic) bond motifs is 1. The molecule has 2 aromatic rings. The Hall–Kier alpha value is -2.98. The highest BCUT2D eigenvalue weighted by atomic mass is 32.2. The van der Waals surface area contributed by atoms with E-state index in [0.29, 0.717) is 24.3 Å². The Balaban J connectivity index is 2.11. The summed E-state index contributed by atoms with van der Waals surface area (Å²) in [5, 5.41) is 11.7. The molecule has 152 valence electrons. The van der Waals surface area contributed by atoms with Crippen molar-refractivity contribution in [1.29, 1.82) is 5.26 Å². The van der Waals surface area contributed by atoms with E-state index in [1.807, 2.05) is 42.8 Å². The standard InChI is InChI=1S/C22H25N3O3S/c1-5-28-18-11-13-19-20(15-23)22(24(3)21(19)14-12-18)16-7-9-17(10-8-16)25(4)29(26,27)6-2/h7-11,13-14H,5-6,12H2,1-4H3. The van der Waals surface area contributed by atoms with Gasteiger partial charge in [-0.3, -0.25) is 4.31 Å². The number of allylic oxidation sites excluding steroid dienone is 2. The highest BCUT2D eigenvalue weighted by Gasteiger charge is 2.18. The molecule has 1 aromatic heterocycles. The summed E-state index contributed by atoms with van der Waals surface area (Å²) >= 11 is 0. The predicted molar refractivity (Wildman–Crippen MR) is 116 cm³/mol. The lowest BCUT2D eigenvalue weighted by Crippen LogP contribution is -2.28. The van der Waals surface area contributed by atoms with Gasteiger partial charge in [-0.25, -0.2) is 8.42 Å². The third kappa shape index (κ3) is 3.81. The number of benzene rings is 1. The molecule has 29 heavy (non-hydrogen) atoms. The summed E-state index contributed by atoms with van der Waals surface area (Å²) in [5.41, 5.74) is 2.85. The van der Waals surface area contributed by atoms with E-state index < -0.39 is 10.0 Å². The minimum absolute atomic E-state index is 0.0390. The maximum atomic E-state index is 12.1. The van der Waals surface area contributed by atoms with Gasteiger partial charge in [-0.2, -0.15) is 5.26 Å². The molecule has 0 spiro atoms. The van der Waals surface area contributed by atoms with Crippen LogP contribution in [0.2, 0.25) is 0 Å². The first-order valence-corrected chi connectivity index (χ1v) is 11.1. The van der Waals surface area contributed by atoms with Crippen LogP contribution in [-0.4, -0.2) is 32.4 Å². The van der Waals surface area contributed by atoms with E-state index >= 15 is 0 Å². The zero-order chi connectivity index (χ0) is 21.2. The van der Waals surface area contributed by atoms with Crippen LogP contribution in [0, 0.1) is 11.3 Å². The Labute approximate surface area is 171 Å². The van der Waals surface area contributed by atoms with Crippen molar-refractivity contribution in [2.24, 2.45) is 7.05 Å². The van der Waals surface area contributed by atoms with Crippen molar-refractivity contribution in [3.8, 4) is 17.3 Å². The average Bonchev–Trinajstić information content (AvgIpc) is 2.85. The molecule has 0 saturated carbocycles. The molecule has 0 unspecified atom stereocenters. The molecule has 0 atom stereocenters. The van der Waals surface area contributed by atoms with Crippen molar-refractivity contribution in [2.45, 2.75) is 20.3 Å². The number of hydrogen-bond acceptors (Lipinski definition) is 4. The number of sulfonamides is 1. The van der Waals surface area contributed by atoms with Crippen LogP contribution < -0.4 is 14.9 Å². The van der Waals surface area contributed by atoms with Crippen LogP contribution in [0.4, 0.5) is 5.69 Å². The summed E-state index contributed by atoms with van der Waals surface area (Å²) in [4.78, 5) is 0. The first-order valence-electron chi connectivity index (χ1n) is 9.53. The van der Waals surface area contributed by atoms with Crippen LogP contribution in [0.15, 0.2) is 36.1 Å². The van der Waals surface area contributed by atoms with Crippen molar-refractivity contribution in [3.63, 3.8) is 0 Å². The third-order valence-corrected chi connectivity index (χ3v) is 6.91. The zero-order valence-corrected chi connectivity index (χ0v) is 18.0. The van der Waals surface area contributed by atoms with Crippen LogP contribution in [0.25, 0.3) is 23.4 Å². The van der Waals surface area contributed by atoms with Gasteiger partial charge >= 0.3 is 0 Å². The molecule has 1 aromatic carbocycles. The summed E-state index contributed by atoms with van der Waals surface area (Å²) in [7, 11) is 0.166. The van der Waals surface area contributed by atoms with Crippen molar-refractivity contribution < 1.29 is 13.2 Å². The molecule has 0 fully saturated rings. The van der Waals surface area contributed by atoms with Gasteiger partial charge < -0.3 is 9.30 Å². The van der Waals surface area contributed by atoms with E-state index in [1.54, 1.807) is 26.1 Å². The van der Waals surface area contributed by atoms with Crippen LogP contribution in [0.3, 0.4) is 0 Å². The third-order valence-electron chi connectivity index (χ3n) is 5.14. The molecule has 0 aliphatic heterocycles. The number of nitriles is 1. The van der Waals surface area contributed by atoms with E-state index in [2.05, 4.69) is 12.1 Å². The minimum Gasteiger partial charge on any atom is -0.498 e. The monoisotopic (exact) mass is 411 g/mol. The fourth-order valence-electron chi connectivity index (χ4n) is 3.51. The van der Waals surface area contributed by atoms with Gasteiger partial charge in [0, 0.05) is 31.1 Å². The largest absolute Gasteiger partial charge is 0.498 e. The highest BCUT2D eigenvalue weighted by Crippen LogP contribution is 2.25. The van der Waals surface area contributed by atoms with Gasteiger partial charge in [-0.05, 0) is 43.7 Å². The quantitative estimate of drug-likeness (QED) is 0.731. The van der Waals surface area contributed by atoms with Crippen LogP contribution in [0.1, 0.15) is 25.8 Å². The number of nitrogens with zero attached hydrogens (tertiary/aromatic N) is 3. The van der Waals surface area contributed by atoms with Gasteiger partial charge in [0.2, 0.25) is 10.0 Å². The molecule has 6 nitrogen and oxygen atoms in total. The number of anilines is 1. The average molecular weight is 412 g/mol. The van der Waals surface area contributed by atoms with Gasteiger partial charge in [0.25, 0.3) is 0 Å². The Kier molecular flexibility index (Phi) is 5.85. The fourth-order valence-corrected chi connectivity index (χ4v) is 4.34. The van der Waals surface area contributed by atoms with Crippen molar-refractivity contribution >= 4 is 27.9 Å². The molecule has 1 aliphatic rings. The van der Waals surface area contributed by atoms with E-state index in [1.165, 1.54) is 4.31 Å². The van der Waals surface area contributed by atoms with Gasteiger partial charge in [-0.15, -0.1) is 0 Å². The summed E-state index contributed by atoms with van der Waals surface area (Å²) in [5.74, 6) is 0.913. The maximum Gasteiger partial charge on any atom is 0.234 e. The summed E-state index contributed by atoms with van der Waals surface area (Å²) in [6.07, 6.45) is 6.59. The summed E-state index contributed by atoms with van der Waals surface area (Å²) < 4.78 is 33.1. The number of ether oxygens (including phenoxy) is 1. The molecule has 1 heterocycles. The lowest BCUT2D eigenvalue weighted by Gasteiger charge is -2.18. The lowest BCUT2D eigenvalue weighted by atomic mass is 10.1. The van der Waals surface area contributed by atoms with Crippen LogP contribution >= 0.6 is 0 Å². The number of aromatic nitrogens is 1. The second kappa shape index (κ2) is 8.18. The first-order chi connectivity index (χ1) is 13.8. The fraction of sp³-hybridized carbons (Fsp3) is 0.318. The normalized spacial score (nSPS) is 13.3. The topological polar surface area (TPSA) is 75.3 Å². The number of hydrogen-bond donors (Lipinski definition) is 0. The molecular weight excluding hydrogens is 386 g/mol. The Morgan fingerprint density at radius 2 is 1.90 bits per heavy atom. The summed E-state index contributed by atoms with van der Waals surface area (Å²) in [6, 6.07) is 9.58. The Morgan fingerprint density at radius 3 is 2.48 bits per heavy atom. The van der Waals surface area contributed by atoms with E-state index in [4.69, 9.17) is 4.74 Å². The van der Waals surface area contributed by atoms with E-state index in [-0.39, 0.29) is 5.75 Å². The minimum atomic E-state index is -3.32. The molecule has 7 heteroatoms. The molecular formula is C22H25N3O3S. The molecule has 0 N–H and O–H groups in total. The zero-order valence-electron chi connectivity index (χ0n) is 17.1. The molecule has 0 amide bonds. The smallest absolute Gasteiger partial charge is 0.234 e. The highest BCUT2D eigenvalue weighted by molar-refractivity contribution is 7.92. The van der Waals surface area contributed by atoms with Crippen LogP contribution in [-0.2, 0) is 21.8 Å². The van der Waals surface area contributed by atoms with E-state index in [9.17, 15) is 13.7 Å². The molecule has 3 rings (SSSR count). The van der Waals surface area contributed by atoms with Crippen LogP contribution in [0.5, 0.6) is 0 Å². The molecule has 0 saturated heterocycles. The van der Waals surface area contributed by atoms with Gasteiger partial charge in [0.1, 0.15) is 6.07 Å². The van der Waals surface area contributed by atoms with Gasteiger partial charge in [0.05, 0.1) is 35.1 Å². The predicted octanol–water partition coefficient (Wildman–Crippen LogP) is 2.23. The summed E-state index contributed by atoms with van der Waals surface area (Å²) in [6.45, 7) is 4.17. The second-order valence-electron chi connectivity index (χ2n) is 6.75. The molecule has 1 aliphatic carbocycles. The Morgan fingerprint density at radius 1 is 1.21 bits per heavy atom.